The average molecular weight is 323 g/mol. The topological polar surface area (TPSA) is 55.3 Å². The Hall–Kier alpha value is -2.11. The van der Waals surface area contributed by atoms with Crippen LogP contribution >= 0.6 is 0 Å². The van der Waals surface area contributed by atoms with Crippen LogP contribution in [0.4, 0.5) is 0 Å². The zero-order chi connectivity index (χ0) is 17.2. The van der Waals surface area contributed by atoms with Gasteiger partial charge in [0.1, 0.15) is 0 Å². The van der Waals surface area contributed by atoms with Crippen LogP contribution in [0.25, 0.3) is 0 Å². The van der Waals surface area contributed by atoms with Crippen LogP contribution in [0.5, 0.6) is 17.2 Å². The molecule has 0 aliphatic carbocycles. The SMILES string of the molecule is CCCCN(C)C(=NC)NCc1ccc(OC)c(OC)c1OC. The third-order valence-electron chi connectivity index (χ3n) is 3.64. The van der Waals surface area contributed by atoms with E-state index in [9.17, 15) is 0 Å². The summed E-state index contributed by atoms with van der Waals surface area (Å²) in [5, 5.41) is 3.36. The number of unbranched alkanes of at least 4 members (excludes halogenated alkanes) is 1. The second kappa shape index (κ2) is 9.82. The standard InChI is InChI=1S/C17H29N3O3/c1-7-8-11-20(3)17(18-2)19-12-13-9-10-14(21-4)16(23-6)15(13)22-5/h9-10H,7-8,11-12H2,1-6H3,(H,18,19). The minimum Gasteiger partial charge on any atom is -0.493 e. The van der Waals surface area contributed by atoms with Gasteiger partial charge < -0.3 is 24.4 Å². The van der Waals surface area contributed by atoms with Crippen molar-refractivity contribution in [3.63, 3.8) is 0 Å². The van der Waals surface area contributed by atoms with Gasteiger partial charge in [0, 0.05) is 32.7 Å². The number of rotatable bonds is 8. The smallest absolute Gasteiger partial charge is 0.203 e. The number of hydrogen-bond donors (Lipinski definition) is 1. The number of nitrogens with one attached hydrogen (secondary N) is 1. The van der Waals surface area contributed by atoms with Crippen molar-refractivity contribution < 1.29 is 14.2 Å². The number of nitrogens with zero attached hydrogens (tertiary/aromatic N) is 2. The Morgan fingerprint density at radius 1 is 1.13 bits per heavy atom. The molecule has 23 heavy (non-hydrogen) atoms. The van der Waals surface area contributed by atoms with E-state index < -0.39 is 0 Å². The largest absolute Gasteiger partial charge is 0.493 e. The van der Waals surface area contributed by atoms with E-state index in [1.165, 1.54) is 0 Å². The summed E-state index contributed by atoms with van der Waals surface area (Å²) < 4.78 is 16.2. The lowest BCUT2D eigenvalue weighted by molar-refractivity contribution is 0.322. The Balaban J connectivity index is 2.88. The molecular formula is C17H29N3O3. The molecule has 0 saturated carbocycles. The van der Waals surface area contributed by atoms with Gasteiger partial charge >= 0.3 is 0 Å². The first-order chi connectivity index (χ1) is 11.1. The molecule has 6 heteroatoms. The Morgan fingerprint density at radius 2 is 1.83 bits per heavy atom. The number of methoxy groups -OCH3 is 3. The van der Waals surface area contributed by atoms with Crippen molar-refractivity contribution >= 4 is 5.96 Å². The molecule has 130 valence electrons. The molecule has 0 saturated heterocycles. The van der Waals surface area contributed by atoms with Crippen LogP contribution in [0, 0.1) is 0 Å². The fraction of sp³-hybridized carbons (Fsp3) is 0.588. The average Bonchev–Trinajstić information content (AvgIpc) is 2.59. The van der Waals surface area contributed by atoms with E-state index >= 15 is 0 Å². The zero-order valence-corrected chi connectivity index (χ0v) is 15.1. The minimum atomic E-state index is 0.590. The van der Waals surface area contributed by atoms with Crippen LogP contribution in [0.15, 0.2) is 17.1 Å². The van der Waals surface area contributed by atoms with Crippen LogP contribution in [-0.2, 0) is 6.54 Å². The van der Waals surface area contributed by atoms with E-state index in [4.69, 9.17) is 14.2 Å². The normalized spacial score (nSPS) is 11.1. The highest BCUT2D eigenvalue weighted by atomic mass is 16.5. The van der Waals surface area contributed by atoms with Gasteiger partial charge in [-0.05, 0) is 18.6 Å². The van der Waals surface area contributed by atoms with Crippen molar-refractivity contribution in [2.24, 2.45) is 4.99 Å². The second-order valence-corrected chi connectivity index (χ2v) is 5.17. The maximum atomic E-state index is 5.50. The highest BCUT2D eigenvalue weighted by Gasteiger charge is 2.16. The quantitative estimate of drug-likeness (QED) is 0.588. The molecule has 6 nitrogen and oxygen atoms in total. The molecule has 0 amide bonds. The van der Waals surface area contributed by atoms with Crippen molar-refractivity contribution in [3.05, 3.63) is 17.7 Å². The maximum Gasteiger partial charge on any atom is 0.203 e. The monoisotopic (exact) mass is 323 g/mol. The lowest BCUT2D eigenvalue weighted by Crippen LogP contribution is -2.39. The number of aliphatic imine (C=N–C) groups is 1. The molecule has 1 aromatic carbocycles. The summed E-state index contributed by atoms with van der Waals surface area (Å²) in [5.41, 5.74) is 0.982. The van der Waals surface area contributed by atoms with Gasteiger partial charge in [0.25, 0.3) is 0 Å². The van der Waals surface area contributed by atoms with Crippen molar-refractivity contribution in [1.29, 1.82) is 0 Å². The number of benzene rings is 1. The van der Waals surface area contributed by atoms with Crippen molar-refractivity contribution in [1.82, 2.24) is 10.2 Å². The van der Waals surface area contributed by atoms with Crippen LogP contribution < -0.4 is 19.5 Å². The molecule has 0 aromatic heterocycles. The molecular weight excluding hydrogens is 294 g/mol. The van der Waals surface area contributed by atoms with Gasteiger partial charge in [-0.15, -0.1) is 0 Å². The molecule has 0 bridgehead atoms. The number of guanidine groups is 1. The number of ether oxygens (including phenoxy) is 3. The summed E-state index contributed by atoms with van der Waals surface area (Å²) >= 11 is 0. The summed E-state index contributed by atoms with van der Waals surface area (Å²) in [4.78, 5) is 6.44. The Bertz CT molecular complexity index is 518. The van der Waals surface area contributed by atoms with Gasteiger partial charge in [0.15, 0.2) is 17.5 Å². The summed E-state index contributed by atoms with van der Waals surface area (Å²) in [6, 6.07) is 3.84. The predicted molar refractivity (Wildman–Crippen MR) is 93.8 cm³/mol. The molecule has 1 aromatic rings. The van der Waals surface area contributed by atoms with Gasteiger partial charge in [-0.3, -0.25) is 4.99 Å². The van der Waals surface area contributed by atoms with E-state index in [1.807, 2.05) is 19.2 Å². The molecule has 0 unspecified atom stereocenters. The number of hydrogen-bond acceptors (Lipinski definition) is 4. The summed E-state index contributed by atoms with van der Waals surface area (Å²) in [7, 11) is 8.67. The minimum absolute atomic E-state index is 0.590. The summed E-state index contributed by atoms with van der Waals surface area (Å²) in [5.74, 6) is 2.78. The van der Waals surface area contributed by atoms with E-state index in [1.54, 1.807) is 28.4 Å². The first-order valence-corrected chi connectivity index (χ1v) is 7.82. The van der Waals surface area contributed by atoms with Crippen molar-refractivity contribution in [2.45, 2.75) is 26.3 Å². The molecule has 0 aliphatic rings. The van der Waals surface area contributed by atoms with E-state index in [-0.39, 0.29) is 0 Å². The van der Waals surface area contributed by atoms with Gasteiger partial charge in [-0.1, -0.05) is 13.3 Å². The van der Waals surface area contributed by atoms with Crippen molar-refractivity contribution in [3.8, 4) is 17.2 Å². The molecule has 0 atom stereocenters. The Morgan fingerprint density at radius 3 is 2.35 bits per heavy atom. The third-order valence-corrected chi connectivity index (χ3v) is 3.64. The fourth-order valence-corrected chi connectivity index (χ4v) is 2.36. The Labute approximate surface area is 139 Å². The molecule has 1 N–H and O–H groups in total. The van der Waals surface area contributed by atoms with Crippen LogP contribution in [0.2, 0.25) is 0 Å². The molecule has 0 spiro atoms. The van der Waals surface area contributed by atoms with Gasteiger partial charge in [-0.2, -0.15) is 0 Å². The highest BCUT2D eigenvalue weighted by molar-refractivity contribution is 5.79. The summed E-state index contributed by atoms with van der Waals surface area (Å²) in [6.45, 7) is 3.74. The molecule has 0 aliphatic heterocycles. The summed E-state index contributed by atoms with van der Waals surface area (Å²) in [6.07, 6.45) is 2.29. The Kier molecular flexibility index (Phi) is 8.08. The third kappa shape index (κ3) is 4.94. The van der Waals surface area contributed by atoms with Crippen molar-refractivity contribution in [2.75, 3.05) is 42.0 Å². The van der Waals surface area contributed by atoms with Crippen LogP contribution in [0.3, 0.4) is 0 Å². The lowest BCUT2D eigenvalue weighted by atomic mass is 10.1. The van der Waals surface area contributed by atoms with E-state index in [2.05, 4.69) is 22.1 Å². The van der Waals surface area contributed by atoms with Gasteiger partial charge in [0.2, 0.25) is 5.75 Å². The van der Waals surface area contributed by atoms with Gasteiger partial charge in [-0.25, -0.2) is 0 Å². The lowest BCUT2D eigenvalue weighted by Gasteiger charge is -2.22. The second-order valence-electron chi connectivity index (χ2n) is 5.17. The first kappa shape index (κ1) is 18.9. The molecule has 0 fully saturated rings. The zero-order valence-electron chi connectivity index (χ0n) is 15.1. The van der Waals surface area contributed by atoms with E-state index in [0.29, 0.717) is 23.8 Å². The van der Waals surface area contributed by atoms with E-state index in [0.717, 1.165) is 30.9 Å². The van der Waals surface area contributed by atoms with Crippen LogP contribution in [0.1, 0.15) is 25.3 Å². The molecule has 1 rings (SSSR count). The van der Waals surface area contributed by atoms with Gasteiger partial charge in [0.05, 0.1) is 21.3 Å². The first-order valence-electron chi connectivity index (χ1n) is 7.82. The highest BCUT2D eigenvalue weighted by Crippen LogP contribution is 2.39. The molecule has 0 radical (unpaired) electrons. The molecule has 0 heterocycles. The predicted octanol–water partition coefficient (Wildman–Crippen LogP) is 2.52. The fourth-order valence-electron chi connectivity index (χ4n) is 2.36. The van der Waals surface area contributed by atoms with Crippen LogP contribution in [-0.4, -0.2) is 52.8 Å². The maximum absolute atomic E-state index is 5.50.